The molecule has 0 aliphatic carbocycles. The summed E-state index contributed by atoms with van der Waals surface area (Å²) in [5, 5.41) is 1.01. The SMILES string of the molecule is COCCN(C)c1ccc2c(ccn2C(=O)OC(C)(C)C)c1. The predicted molar refractivity (Wildman–Crippen MR) is 88.7 cm³/mol. The van der Waals surface area contributed by atoms with Crippen molar-refractivity contribution < 1.29 is 14.3 Å². The van der Waals surface area contributed by atoms with E-state index in [1.807, 2.05) is 46.0 Å². The summed E-state index contributed by atoms with van der Waals surface area (Å²) in [6, 6.07) is 7.93. The third kappa shape index (κ3) is 3.80. The minimum Gasteiger partial charge on any atom is -0.443 e. The van der Waals surface area contributed by atoms with Gasteiger partial charge in [0.1, 0.15) is 5.60 Å². The van der Waals surface area contributed by atoms with E-state index in [1.54, 1.807) is 17.9 Å². The molecule has 2 rings (SSSR count). The van der Waals surface area contributed by atoms with Crippen molar-refractivity contribution >= 4 is 22.7 Å². The number of methoxy groups -OCH3 is 1. The van der Waals surface area contributed by atoms with Crippen LogP contribution in [0.3, 0.4) is 0 Å². The molecule has 0 fully saturated rings. The Morgan fingerprint density at radius 3 is 2.64 bits per heavy atom. The van der Waals surface area contributed by atoms with Crippen LogP contribution in [0.15, 0.2) is 30.5 Å². The molecule has 0 radical (unpaired) electrons. The summed E-state index contributed by atoms with van der Waals surface area (Å²) in [5.41, 5.74) is 1.43. The Morgan fingerprint density at radius 2 is 2.00 bits per heavy atom. The fourth-order valence-corrected chi connectivity index (χ4v) is 2.19. The van der Waals surface area contributed by atoms with Crippen LogP contribution in [0.2, 0.25) is 0 Å². The highest BCUT2D eigenvalue weighted by Crippen LogP contribution is 2.23. The number of fused-ring (bicyclic) bond motifs is 1. The van der Waals surface area contributed by atoms with Gasteiger partial charge in [-0.2, -0.15) is 0 Å². The second-order valence-electron chi connectivity index (χ2n) is 6.32. The van der Waals surface area contributed by atoms with Gasteiger partial charge in [-0.15, -0.1) is 0 Å². The van der Waals surface area contributed by atoms with Gasteiger partial charge in [0.15, 0.2) is 0 Å². The number of ether oxygens (including phenoxy) is 2. The first-order valence-corrected chi connectivity index (χ1v) is 7.36. The number of carbonyl (C=O) groups excluding carboxylic acids is 1. The monoisotopic (exact) mass is 304 g/mol. The maximum atomic E-state index is 12.2. The highest BCUT2D eigenvalue weighted by Gasteiger charge is 2.19. The summed E-state index contributed by atoms with van der Waals surface area (Å²) in [7, 11) is 3.71. The number of anilines is 1. The van der Waals surface area contributed by atoms with Crippen molar-refractivity contribution in [3.63, 3.8) is 0 Å². The molecule has 1 aromatic carbocycles. The molecule has 0 saturated heterocycles. The lowest BCUT2D eigenvalue weighted by molar-refractivity contribution is 0.0544. The highest BCUT2D eigenvalue weighted by atomic mass is 16.6. The van der Waals surface area contributed by atoms with Crippen molar-refractivity contribution in [2.75, 3.05) is 32.2 Å². The smallest absolute Gasteiger partial charge is 0.418 e. The topological polar surface area (TPSA) is 43.7 Å². The first-order valence-electron chi connectivity index (χ1n) is 7.36. The summed E-state index contributed by atoms with van der Waals surface area (Å²) in [6.45, 7) is 7.07. The second-order valence-corrected chi connectivity index (χ2v) is 6.32. The molecule has 0 aliphatic heterocycles. The van der Waals surface area contributed by atoms with Gasteiger partial charge >= 0.3 is 6.09 Å². The molecule has 2 aromatic rings. The lowest BCUT2D eigenvalue weighted by Gasteiger charge is -2.20. The molecule has 5 heteroatoms. The molecule has 0 amide bonds. The molecular weight excluding hydrogens is 280 g/mol. The number of carbonyl (C=O) groups is 1. The van der Waals surface area contributed by atoms with Gasteiger partial charge in [0.2, 0.25) is 0 Å². The van der Waals surface area contributed by atoms with E-state index in [-0.39, 0.29) is 6.09 Å². The molecule has 1 aromatic heterocycles. The zero-order valence-electron chi connectivity index (χ0n) is 13.9. The van der Waals surface area contributed by atoms with Gasteiger partial charge in [0.05, 0.1) is 12.1 Å². The van der Waals surface area contributed by atoms with E-state index in [1.165, 1.54) is 0 Å². The third-order valence-electron chi connectivity index (χ3n) is 3.34. The van der Waals surface area contributed by atoms with Gasteiger partial charge in [-0.1, -0.05) is 0 Å². The van der Waals surface area contributed by atoms with Crippen molar-refractivity contribution in [3.8, 4) is 0 Å². The van der Waals surface area contributed by atoms with Crippen LogP contribution in [-0.4, -0.2) is 43.6 Å². The number of aromatic nitrogens is 1. The number of hydrogen-bond donors (Lipinski definition) is 0. The fourth-order valence-electron chi connectivity index (χ4n) is 2.19. The van der Waals surface area contributed by atoms with Gasteiger partial charge in [0.25, 0.3) is 0 Å². The normalized spacial score (nSPS) is 11.7. The molecule has 0 aliphatic rings. The average Bonchev–Trinajstić information content (AvgIpc) is 2.85. The lowest BCUT2D eigenvalue weighted by atomic mass is 10.2. The summed E-state index contributed by atoms with van der Waals surface area (Å²) in [4.78, 5) is 14.3. The van der Waals surface area contributed by atoms with Crippen LogP contribution < -0.4 is 4.90 Å². The minimum atomic E-state index is -0.506. The van der Waals surface area contributed by atoms with E-state index in [0.717, 1.165) is 23.1 Å². The van der Waals surface area contributed by atoms with Crippen LogP contribution in [0.4, 0.5) is 10.5 Å². The van der Waals surface area contributed by atoms with Crippen LogP contribution >= 0.6 is 0 Å². The summed E-state index contributed by atoms with van der Waals surface area (Å²) in [6.07, 6.45) is 1.39. The zero-order chi connectivity index (χ0) is 16.3. The van der Waals surface area contributed by atoms with Crippen molar-refractivity contribution in [2.45, 2.75) is 26.4 Å². The first-order chi connectivity index (χ1) is 10.3. The van der Waals surface area contributed by atoms with Crippen LogP contribution in [-0.2, 0) is 9.47 Å². The standard InChI is InChI=1S/C17H24N2O3/c1-17(2,3)22-16(20)19-9-8-13-12-14(6-7-15(13)19)18(4)10-11-21-5/h6-9,12H,10-11H2,1-5H3. The van der Waals surface area contributed by atoms with Crippen LogP contribution in [0.5, 0.6) is 0 Å². The summed E-state index contributed by atoms with van der Waals surface area (Å²) >= 11 is 0. The summed E-state index contributed by atoms with van der Waals surface area (Å²) in [5.74, 6) is 0. The lowest BCUT2D eigenvalue weighted by Crippen LogP contribution is -2.26. The average molecular weight is 304 g/mol. The fraction of sp³-hybridized carbons (Fsp3) is 0.471. The zero-order valence-corrected chi connectivity index (χ0v) is 13.9. The molecule has 0 unspecified atom stereocenters. The van der Waals surface area contributed by atoms with Crippen LogP contribution in [0.25, 0.3) is 10.9 Å². The molecule has 0 bridgehead atoms. The van der Waals surface area contributed by atoms with Gasteiger partial charge in [-0.05, 0) is 45.0 Å². The Labute approximate surface area is 131 Å². The highest BCUT2D eigenvalue weighted by molar-refractivity contribution is 5.91. The van der Waals surface area contributed by atoms with Gasteiger partial charge in [0, 0.05) is 38.0 Å². The molecule has 120 valence electrons. The number of hydrogen-bond acceptors (Lipinski definition) is 4. The first kappa shape index (κ1) is 16.4. The van der Waals surface area contributed by atoms with Crippen molar-refractivity contribution in [3.05, 3.63) is 30.5 Å². The van der Waals surface area contributed by atoms with Crippen molar-refractivity contribution in [1.82, 2.24) is 4.57 Å². The van der Waals surface area contributed by atoms with E-state index >= 15 is 0 Å². The largest absolute Gasteiger partial charge is 0.443 e. The number of likely N-dealkylation sites (N-methyl/N-ethyl adjacent to an activating group) is 1. The van der Waals surface area contributed by atoms with Crippen molar-refractivity contribution in [1.29, 1.82) is 0 Å². The Balaban J connectivity index is 2.25. The van der Waals surface area contributed by atoms with Crippen LogP contribution in [0, 0.1) is 0 Å². The molecule has 0 saturated carbocycles. The predicted octanol–water partition coefficient (Wildman–Crippen LogP) is 3.51. The number of benzene rings is 1. The minimum absolute atomic E-state index is 0.358. The Hall–Kier alpha value is -2.01. The van der Waals surface area contributed by atoms with E-state index in [4.69, 9.17) is 9.47 Å². The molecule has 5 nitrogen and oxygen atoms in total. The van der Waals surface area contributed by atoms with Gasteiger partial charge < -0.3 is 14.4 Å². The van der Waals surface area contributed by atoms with Crippen LogP contribution in [0.1, 0.15) is 20.8 Å². The summed E-state index contributed by atoms with van der Waals surface area (Å²) < 4.78 is 12.1. The maximum Gasteiger partial charge on any atom is 0.418 e. The Bertz CT molecular complexity index is 655. The molecule has 1 heterocycles. The van der Waals surface area contributed by atoms with E-state index in [9.17, 15) is 4.79 Å². The number of rotatable bonds is 4. The molecule has 0 spiro atoms. The van der Waals surface area contributed by atoms with E-state index < -0.39 is 5.60 Å². The molecule has 0 atom stereocenters. The maximum absolute atomic E-state index is 12.2. The molecule has 0 N–H and O–H groups in total. The van der Waals surface area contributed by atoms with Gasteiger partial charge in [-0.25, -0.2) is 4.79 Å². The molecular formula is C17H24N2O3. The Kier molecular flexibility index (Phi) is 4.76. The molecule has 22 heavy (non-hydrogen) atoms. The van der Waals surface area contributed by atoms with E-state index in [2.05, 4.69) is 11.0 Å². The second kappa shape index (κ2) is 6.40. The van der Waals surface area contributed by atoms with Crippen molar-refractivity contribution in [2.24, 2.45) is 0 Å². The Morgan fingerprint density at radius 1 is 1.27 bits per heavy atom. The van der Waals surface area contributed by atoms with Gasteiger partial charge in [-0.3, -0.25) is 4.57 Å². The number of nitrogens with zero attached hydrogens (tertiary/aromatic N) is 2. The van der Waals surface area contributed by atoms with E-state index in [0.29, 0.717) is 6.61 Å². The quantitative estimate of drug-likeness (QED) is 0.867. The third-order valence-corrected chi connectivity index (χ3v) is 3.34.